The van der Waals surface area contributed by atoms with Crippen LogP contribution in [0.5, 0.6) is 0 Å². The van der Waals surface area contributed by atoms with E-state index in [-0.39, 0.29) is 12.6 Å². The molecule has 3 aromatic rings. The van der Waals surface area contributed by atoms with Gasteiger partial charge in [0.15, 0.2) is 0 Å². The van der Waals surface area contributed by atoms with Gasteiger partial charge in [0, 0.05) is 26.7 Å². The van der Waals surface area contributed by atoms with Crippen molar-refractivity contribution in [2.24, 2.45) is 5.92 Å². The third-order valence-electron chi connectivity index (χ3n) is 5.12. The second-order valence-corrected chi connectivity index (χ2v) is 7.87. The Morgan fingerprint density at radius 1 is 1.15 bits per heavy atom. The molecule has 1 aromatic heterocycles. The maximum atomic E-state index is 13.1. The predicted molar refractivity (Wildman–Crippen MR) is 109 cm³/mol. The van der Waals surface area contributed by atoms with Crippen LogP contribution in [-0.2, 0) is 24.2 Å². The normalized spacial score (nSPS) is 16.2. The lowest BCUT2D eigenvalue weighted by Crippen LogP contribution is -2.19. The molecular weight excluding hydrogens is 381 g/mol. The fourth-order valence-corrected chi connectivity index (χ4v) is 4.18. The molecular formula is C22H19Cl2NO2. The molecule has 0 spiro atoms. The SMILES string of the molecule is CC1CCc2nc3ccccc3c(C(=O)OCc3c(Cl)cccc3Cl)c2C1. The van der Waals surface area contributed by atoms with E-state index in [1.807, 2.05) is 24.3 Å². The van der Waals surface area contributed by atoms with Crippen LogP contribution in [0.25, 0.3) is 10.9 Å². The van der Waals surface area contributed by atoms with Gasteiger partial charge in [0.1, 0.15) is 6.61 Å². The number of hydrogen-bond donors (Lipinski definition) is 0. The van der Waals surface area contributed by atoms with Crippen molar-refractivity contribution in [2.45, 2.75) is 32.8 Å². The van der Waals surface area contributed by atoms with Crippen LogP contribution in [0.4, 0.5) is 0 Å². The van der Waals surface area contributed by atoms with Gasteiger partial charge in [-0.1, -0.05) is 54.4 Å². The number of rotatable bonds is 3. The number of halogens is 2. The van der Waals surface area contributed by atoms with Gasteiger partial charge in [0.25, 0.3) is 0 Å². The molecule has 2 aromatic carbocycles. The Bertz CT molecular complexity index is 1010. The standard InChI is InChI=1S/C22H19Cl2NO2/c1-13-9-10-20-15(11-13)21(14-5-2-3-8-19(14)25-20)22(26)27-12-16-17(23)6-4-7-18(16)24/h2-8,13H,9-12H2,1H3. The van der Waals surface area contributed by atoms with Crippen molar-refractivity contribution in [1.82, 2.24) is 4.98 Å². The number of nitrogens with zero attached hydrogens (tertiary/aromatic N) is 1. The third-order valence-corrected chi connectivity index (χ3v) is 5.83. The predicted octanol–water partition coefficient (Wildman–Crippen LogP) is 6.02. The first-order valence-electron chi connectivity index (χ1n) is 9.05. The number of hydrogen-bond acceptors (Lipinski definition) is 3. The smallest absolute Gasteiger partial charge is 0.339 e. The molecule has 0 saturated carbocycles. The van der Waals surface area contributed by atoms with E-state index >= 15 is 0 Å². The van der Waals surface area contributed by atoms with Crippen molar-refractivity contribution in [1.29, 1.82) is 0 Å². The topological polar surface area (TPSA) is 39.2 Å². The van der Waals surface area contributed by atoms with Crippen LogP contribution in [0.2, 0.25) is 10.0 Å². The third kappa shape index (κ3) is 3.54. The van der Waals surface area contributed by atoms with Gasteiger partial charge in [-0.3, -0.25) is 4.98 Å². The van der Waals surface area contributed by atoms with Crippen LogP contribution in [0, 0.1) is 5.92 Å². The van der Waals surface area contributed by atoms with Crippen LogP contribution in [-0.4, -0.2) is 11.0 Å². The van der Waals surface area contributed by atoms with Crippen molar-refractivity contribution >= 4 is 40.1 Å². The number of esters is 1. The van der Waals surface area contributed by atoms with E-state index in [0.29, 0.717) is 27.1 Å². The fraction of sp³-hybridized carbons (Fsp3) is 0.273. The van der Waals surface area contributed by atoms with Gasteiger partial charge in [-0.15, -0.1) is 0 Å². The minimum atomic E-state index is -0.352. The van der Waals surface area contributed by atoms with E-state index in [4.69, 9.17) is 32.9 Å². The molecule has 0 aliphatic heterocycles. The Kier molecular flexibility index (Phi) is 5.07. The highest BCUT2D eigenvalue weighted by Gasteiger charge is 2.26. The average Bonchev–Trinajstić information content (AvgIpc) is 2.65. The molecule has 1 atom stereocenters. The molecule has 3 nitrogen and oxygen atoms in total. The van der Waals surface area contributed by atoms with Crippen molar-refractivity contribution in [3.8, 4) is 0 Å². The molecule has 1 unspecified atom stereocenters. The average molecular weight is 400 g/mol. The largest absolute Gasteiger partial charge is 0.457 e. The zero-order valence-corrected chi connectivity index (χ0v) is 16.5. The number of pyridine rings is 1. The summed E-state index contributed by atoms with van der Waals surface area (Å²) >= 11 is 12.4. The highest BCUT2D eigenvalue weighted by Crippen LogP contribution is 2.32. The zero-order valence-electron chi connectivity index (χ0n) is 15.0. The lowest BCUT2D eigenvalue weighted by Gasteiger charge is -2.24. The molecule has 1 aliphatic carbocycles. The van der Waals surface area contributed by atoms with Crippen LogP contribution in [0.15, 0.2) is 42.5 Å². The first-order chi connectivity index (χ1) is 13.0. The lowest BCUT2D eigenvalue weighted by molar-refractivity contribution is 0.0473. The number of aryl methyl sites for hydroxylation is 1. The van der Waals surface area contributed by atoms with Crippen molar-refractivity contribution in [3.63, 3.8) is 0 Å². The van der Waals surface area contributed by atoms with Gasteiger partial charge in [-0.05, 0) is 48.9 Å². The number of aromatic nitrogens is 1. The summed E-state index contributed by atoms with van der Waals surface area (Å²) in [5.41, 5.74) is 4.10. The van der Waals surface area contributed by atoms with E-state index in [9.17, 15) is 4.79 Å². The molecule has 0 amide bonds. The molecule has 1 aliphatic rings. The molecule has 0 saturated heterocycles. The summed E-state index contributed by atoms with van der Waals surface area (Å²) in [5, 5.41) is 1.82. The molecule has 27 heavy (non-hydrogen) atoms. The zero-order chi connectivity index (χ0) is 19.0. The summed E-state index contributed by atoms with van der Waals surface area (Å²) in [6, 6.07) is 13.0. The first-order valence-corrected chi connectivity index (χ1v) is 9.80. The number of benzene rings is 2. The van der Waals surface area contributed by atoms with Crippen molar-refractivity contribution in [3.05, 3.63) is 74.9 Å². The minimum Gasteiger partial charge on any atom is -0.457 e. The monoisotopic (exact) mass is 399 g/mol. The quantitative estimate of drug-likeness (QED) is 0.505. The van der Waals surface area contributed by atoms with E-state index in [1.165, 1.54) is 0 Å². The van der Waals surface area contributed by atoms with Gasteiger partial charge in [-0.25, -0.2) is 4.79 Å². The van der Waals surface area contributed by atoms with E-state index < -0.39 is 0 Å². The molecule has 1 heterocycles. The van der Waals surface area contributed by atoms with E-state index in [1.54, 1.807) is 18.2 Å². The summed E-state index contributed by atoms with van der Waals surface area (Å²) in [5.74, 6) is 0.167. The number of ether oxygens (including phenoxy) is 1. The summed E-state index contributed by atoms with van der Waals surface area (Å²) in [7, 11) is 0. The van der Waals surface area contributed by atoms with Crippen LogP contribution in [0.1, 0.15) is 40.5 Å². The Morgan fingerprint density at radius 3 is 2.67 bits per heavy atom. The van der Waals surface area contributed by atoms with Crippen molar-refractivity contribution < 1.29 is 9.53 Å². The van der Waals surface area contributed by atoms with E-state index in [2.05, 4.69) is 6.92 Å². The highest BCUT2D eigenvalue weighted by molar-refractivity contribution is 6.36. The van der Waals surface area contributed by atoms with Crippen LogP contribution < -0.4 is 0 Å². The van der Waals surface area contributed by atoms with Gasteiger partial charge in [0.2, 0.25) is 0 Å². The maximum Gasteiger partial charge on any atom is 0.339 e. The highest BCUT2D eigenvalue weighted by atomic mass is 35.5. The summed E-state index contributed by atoms with van der Waals surface area (Å²) in [6.45, 7) is 2.25. The van der Waals surface area contributed by atoms with Gasteiger partial charge < -0.3 is 4.74 Å². The second-order valence-electron chi connectivity index (χ2n) is 7.05. The number of carbonyl (C=O) groups is 1. The second kappa shape index (κ2) is 7.49. The summed E-state index contributed by atoms with van der Waals surface area (Å²) in [4.78, 5) is 17.9. The molecule has 5 heteroatoms. The first kappa shape index (κ1) is 18.3. The minimum absolute atomic E-state index is 0.0400. The summed E-state index contributed by atoms with van der Waals surface area (Å²) in [6.07, 6.45) is 2.81. The molecule has 4 rings (SSSR count). The van der Waals surface area contributed by atoms with Crippen LogP contribution >= 0.6 is 23.2 Å². The number of fused-ring (bicyclic) bond motifs is 2. The van der Waals surface area contributed by atoms with Gasteiger partial charge >= 0.3 is 5.97 Å². The number of para-hydroxylation sites is 1. The van der Waals surface area contributed by atoms with Crippen LogP contribution in [0.3, 0.4) is 0 Å². The number of carbonyl (C=O) groups excluding carboxylic acids is 1. The molecule has 0 fully saturated rings. The molecule has 0 radical (unpaired) electrons. The Labute approximate surface area is 168 Å². The molecule has 0 bridgehead atoms. The summed E-state index contributed by atoms with van der Waals surface area (Å²) < 4.78 is 5.65. The molecule has 138 valence electrons. The fourth-order valence-electron chi connectivity index (χ4n) is 3.68. The Balaban J connectivity index is 1.74. The lowest BCUT2D eigenvalue weighted by atomic mass is 9.84. The van der Waals surface area contributed by atoms with Gasteiger partial charge in [-0.2, -0.15) is 0 Å². The van der Waals surface area contributed by atoms with Gasteiger partial charge in [0.05, 0.1) is 11.1 Å². The van der Waals surface area contributed by atoms with E-state index in [0.717, 1.165) is 41.4 Å². The molecule has 0 N–H and O–H groups in total. The Hall–Kier alpha value is -2.10. The Morgan fingerprint density at radius 2 is 1.89 bits per heavy atom. The van der Waals surface area contributed by atoms with Crippen molar-refractivity contribution in [2.75, 3.05) is 0 Å². The maximum absolute atomic E-state index is 13.1.